The van der Waals surface area contributed by atoms with E-state index < -0.39 is 0 Å². The monoisotopic (exact) mass is 249 g/mol. The first-order valence-corrected chi connectivity index (χ1v) is 6.15. The summed E-state index contributed by atoms with van der Waals surface area (Å²) in [6.45, 7) is 7.33. The fourth-order valence-corrected chi connectivity index (χ4v) is 2.39. The van der Waals surface area contributed by atoms with E-state index in [1.807, 2.05) is 0 Å². The van der Waals surface area contributed by atoms with Crippen molar-refractivity contribution in [3.05, 3.63) is 10.5 Å². The third kappa shape index (κ3) is 2.28. The topological polar surface area (TPSA) is 65.8 Å². The number of likely N-dealkylation sites (tertiary alicyclic amines) is 1. The summed E-state index contributed by atoms with van der Waals surface area (Å²) in [4.78, 5) is 25.1. The molecule has 0 unspecified atom stereocenters. The van der Waals surface area contributed by atoms with Crippen LogP contribution in [0.1, 0.15) is 25.8 Å². The molecule has 18 heavy (non-hydrogen) atoms. The minimum absolute atomic E-state index is 0.146. The van der Waals surface area contributed by atoms with Crippen LogP contribution in [-0.4, -0.2) is 47.5 Å². The van der Waals surface area contributed by atoms with E-state index in [2.05, 4.69) is 33.6 Å². The smallest absolute Gasteiger partial charge is 0.306 e. The summed E-state index contributed by atoms with van der Waals surface area (Å²) in [5.41, 5.74) is -0.146. The highest BCUT2D eigenvalue weighted by Gasteiger charge is 2.24. The molecule has 1 aromatic heterocycles. The van der Waals surface area contributed by atoms with Crippen LogP contribution in [0.3, 0.4) is 0 Å². The van der Waals surface area contributed by atoms with Gasteiger partial charge in [0.05, 0.1) is 0 Å². The number of nitrogens with zero attached hydrogens (tertiary/aromatic N) is 4. The Hall–Kier alpha value is -1.69. The van der Waals surface area contributed by atoms with Crippen molar-refractivity contribution in [3.63, 3.8) is 0 Å². The summed E-state index contributed by atoms with van der Waals surface area (Å²) in [5, 5.41) is 0. The highest BCUT2D eigenvalue weighted by Crippen LogP contribution is 2.30. The van der Waals surface area contributed by atoms with Gasteiger partial charge in [0.15, 0.2) is 11.6 Å². The van der Waals surface area contributed by atoms with Gasteiger partial charge in [0.25, 0.3) is 0 Å². The molecule has 0 atom stereocenters. The molecule has 0 aliphatic carbocycles. The molecule has 0 aromatic carbocycles. The third-order valence-electron chi connectivity index (χ3n) is 3.35. The molecule has 0 saturated carbocycles. The Bertz CT molecular complexity index is 505. The summed E-state index contributed by atoms with van der Waals surface area (Å²) in [5.74, 6) is 1.05. The van der Waals surface area contributed by atoms with Crippen molar-refractivity contribution >= 4 is 24.6 Å². The van der Waals surface area contributed by atoms with Gasteiger partial charge in [0, 0.05) is 12.3 Å². The molecule has 0 radical (unpaired) electrons. The molecular weight excluding hydrogens is 230 g/mol. The van der Waals surface area contributed by atoms with Gasteiger partial charge in [-0.25, -0.2) is 14.8 Å². The first-order valence-electron chi connectivity index (χ1n) is 6.15. The number of aromatic nitrogens is 2. The van der Waals surface area contributed by atoms with Crippen LogP contribution in [0.5, 0.6) is 0 Å². The van der Waals surface area contributed by atoms with Crippen molar-refractivity contribution in [2.45, 2.75) is 25.8 Å². The van der Waals surface area contributed by atoms with E-state index >= 15 is 0 Å². The Balaban J connectivity index is 2.38. The lowest BCUT2D eigenvalue weighted by molar-refractivity contribution is 0.220. The highest BCUT2D eigenvalue weighted by atomic mass is 16.1. The third-order valence-corrected chi connectivity index (χ3v) is 3.35. The van der Waals surface area contributed by atoms with Gasteiger partial charge in [0.2, 0.25) is 0 Å². The maximum Gasteiger partial charge on any atom is 0.329 e. The molecule has 2 rings (SSSR count). The van der Waals surface area contributed by atoms with Crippen LogP contribution in [0.15, 0.2) is 14.8 Å². The quantitative estimate of drug-likeness (QED) is 0.825. The van der Waals surface area contributed by atoms with Crippen LogP contribution in [-0.2, 0) is 0 Å². The first kappa shape index (κ1) is 12.8. The second-order valence-electron chi connectivity index (χ2n) is 4.55. The predicted octanol–water partition coefficient (Wildman–Crippen LogP) is 1.50. The second-order valence-corrected chi connectivity index (χ2v) is 4.55. The standard InChI is InChI=1S/C12H19N5O/c1-4-14-10-11(13-2)17(12(18)15-10)9-5-7-16(3)8-6-9/h4,9H,2,5-8H2,1,3H3,(H,15,18)/b14-4-. The van der Waals surface area contributed by atoms with Crippen molar-refractivity contribution in [1.82, 2.24) is 14.5 Å². The van der Waals surface area contributed by atoms with Crippen molar-refractivity contribution in [1.29, 1.82) is 0 Å². The zero-order valence-corrected chi connectivity index (χ0v) is 10.9. The fraction of sp³-hybridized carbons (Fsp3) is 0.583. The number of aromatic amines is 1. The molecule has 98 valence electrons. The highest BCUT2D eigenvalue weighted by molar-refractivity contribution is 5.65. The number of imidazole rings is 1. The van der Waals surface area contributed by atoms with Crippen LogP contribution in [0.4, 0.5) is 11.6 Å². The summed E-state index contributed by atoms with van der Waals surface area (Å²) in [7, 11) is 2.09. The SMILES string of the molecule is C=Nc1c(/N=C\C)[nH]c(=O)n1C1CCN(C)CC1. The first-order chi connectivity index (χ1) is 8.67. The molecule has 0 amide bonds. The van der Waals surface area contributed by atoms with E-state index in [-0.39, 0.29) is 11.7 Å². The average molecular weight is 249 g/mol. The molecule has 1 N–H and O–H groups in total. The Morgan fingerprint density at radius 2 is 2.11 bits per heavy atom. The molecule has 6 heteroatoms. The average Bonchev–Trinajstić information content (AvgIpc) is 2.67. The van der Waals surface area contributed by atoms with Crippen LogP contribution in [0.25, 0.3) is 0 Å². The molecule has 1 aliphatic rings. The molecule has 0 bridgehead atoms. The zero-order chi connectivity index (χ0) is 13.1. The lowest BCUT2D eigenvalue weighted by atomic mass is 10.1. The fourth-order valence-electron chi connectivity index (χ4n) is 2.39. The lowest BCUT2D eigenvalue weighted by Crippen LogP contribution is -2.34. The number of piperidine rings is 1. The van der Waals surface area contributed by atoms with Gasteiger partial charge in [-0.05, 0) is 46.6 Å². The van der Waals surface area contributed by atoms with Gasteiger partial charge < -0.3 is 4.90 Å². The Morgan fingerprint density at radius 1 is 1.44 bits per heavy atom. The van der Waals surface area contributed by atoms with E-state index in [0.29, 0.717) is 11.6 Å². The van der Waals surface area contributed by atoms with E-state index in [4.69, 9.17) is 0 Å². The van der Waals surface area contributed by atoms with Gasteiger partial charge in [-0.1, -0.05) is 0 Å². The van der Waals surface area contributed by atoms with E-state index in [0.717, 1.165) is 25.9 Å². The minimum atomic E-state index is -0.146. The molecule has 1 fully saturated rings. The molecule has 1 aliphatic heterocycles. The molecule has 6 nitrogen and oxygen atoms in total. The van der Waals surface area contributed by atoms with Gasteiger partial charge in [-0.15, -0.1) is 0 Å². The summed E-state index contributed by atoms with van der Waals surface area (Å²) in [6.07, 6.45) is 3.54. The van der Waals surface area contributed by atoms with Crippen LogP contribution < -0.4 is 5.69 Å². The Morgan fingerprint density at radius 3 is 2.67 bits per heavy atom. The summed E-state index contributed by atoms with van der Waals surface area (Å²) >= 11 is 0. The Labute approximate surface area is 106 Å². The van der Waals surface area contributed by atoms with Crippen LogP contribution in [0.2, 0.25) is 0 Å². The number of nitrogens with one attached hydrogen (secondary N) is 1. The molecule has 0 spiro atoms. The maximum absolute atomic E-state index is 12.0. The number of hydrogen-bond donors (Lipinski definition) is 1. The van der Waals surface area contributed by atoms with Crippen molar-refractivity contribution in [2.75, 3.05) is 20.1 Å². The molecule has 1 saturated heterocycles. The summed E-state index contributed by atoms with van der Waals surface area (Å²) < 4.78 is 1.70. The van der Waals surface area contributed by atoms with E-state index in [9.17, 15) is 4.79 Å². The number of H-pyrrole nitrogens is 1. The van der Waals surface area contributed by atoms with Gasteiger partial charge in [0.1, 0.15) is 0 Å². The van der Waals surface area contributed by atoms with Crippen molar-refractivity contribution in [3.8, 4) is 0 Å². The van der Waals surface area contributed by atoms with Gasteiger partial charge in [-0.3, -0.25) is 9.55 Å². The minimum Gasteiger partial charge on any atom is -0.306 e. The van der Waals surface area contributed by atoms with E-state index in [1.165, 1.54) is 0 Å². The number of hydrogen-bond acceptors (Lipinski definition) is 4. The molecule has 2 heterocycles. The van der Waals surface area contributed by atoms with Gasteiger partial charge >= 0.3 is 5.69 Å². The zero-order valence-electron chi connectivity index (χ0n) is 10.9. The lowest BCUT2D eigenvalue weighted by Gasteiger charge is -2.29. The van der Waals surface area contributed by atoms with Crippen LogP contribution >= 0.6 is 0 Å². The number of rotatable bonds is 3. The largest absolute Gasteiger partial charge is 0.329 e. The second kappa shape index (κ2) is 5.30. The van der Waals surface area contributed by atoms with Crippen LogP contribution in [0, 0.1) is 0 Å². The van der Waals surface area contributed by atoms with Gasteiger partial charge in [-0.2, -0.15) is 0 Å². The summed E-state index contributed by atoms with van der Waals surface area (Å²) in [6, 6.07) is 0.186. The van der Waals surface area contributed by atoms with Crippen molar-refractivity contribution < 1.29 is 0 Å². The maximum atomic E-state index is 12.0. The molecule has 1 aromatic rings. The van der Waals surface area contributed by atoms with E-state index in [1.54, 1.807) is 17.7 Å². The van der Waals surface area contributed by atoms with Crippen molar-refractivity contribution in [2.24, 2.45) is 9.98 Å². The predicted molar refractivity (Wildman–Crippen MR) is 73.9 cm³/mol. The Kier molecular flexibility index (Phi) is 3.76. The molecular formula is C12H19N5O. The normalized spacial score (nSPS) is 18.6. The number of aliphatic imine (C=N–C) groups is 2.